The number of carboxylic acid groups (broad SMARTS) is 1. The van der Waals surface area contributed by atoms with Gasteiger partial charge in [-0.1, -0.05) is 152 Å². The Balaban J connectivity index is 4.22. The van der Waals surface area contributed by atoms with Crippen LogP contribution in [0.25, 0.3) is 0 Å². The van der Waals surface area contributed by atoms with Gasteiger partial charge in [-0.05, 0) is 116 Å². The molecule has 0 saturated heterocycles. The first-order chi connectivity index (χ1) is 23.0. The molecule has 3 heteroatoms. The van der Waals surface area contributed by atoms with E-state index in [-0.39, 0.29) is 5.92 Å². The summed E-state index contributed by atoms with van der Waals surface area (Å²) in [5.74, 6) is -0.397. The van der Waals surface area contributed by atoms with Gasteiger partial charge >= 0.3 is 5.97 Å². The first-order valence-corrected chi connectivity index (χ1v) is 20.5. The molecular weight excluding hydrogens is 574 g/mol. The van der Waals surface area contributed by atoms with E-state index < -0.39 is 5.97 Å². The molecule has 0 aromatic rings. The first kappa shape index (κ1) is 45.4. The molecule has 47 heavy (non-hydrogen) atoms. The maximum absolute atomic E-state index is 12.3. The summed E-state index contributed by atoms with van der Waals surface area (Å²) in [7, 11) is 4.17. The van der Waals surface area contributed by atoms with E-state index in [4.69, 9.17) is 0 Å². The highest BCUT2D eigenvalue weighted by molar-refractivity contribution is 5.70. The first-order valence-electron chi connectivity index (χ1n) is 20.5. The van der Waals surface area contributed by atoms with Crippen LogP contribution in [0.3, 0.4) is 0 Å². The van der Waals surface area contributed by atoms with Gasteiger partial charge in [0.15, 0.2) is 0 Å². The maximum atomic E-state index is 12.3. The van der Waals surface area contributed by atoms with Crippen LogP contribution in [0.4, 0.5) is 0 Å². The molecule has 1 N–H and O–H groups in total. The van der Waals surface area contributed by atoms with Gasteiger partial charge in [0, 0.05) is 0 Å². The predicted octanol–water partition coefficient (Wildman–Crippen LogP) is 14.1. The van der Waals surface area contributed by atoms with E-state index in [9.17, 15) is 9.90 Å². The number of carbonyl (C=O) groups is 1. The Morgan fingerprint density at radius 1 is 0.489 bits per heavy atom. The van der Waals surface area contributed by atoms with E-state index in [0.717, 1.165) is 45.1 Å². The molecule has 0 aliphatic carbocycles. The molecule has 0 aliphatic rings. The molecule has 0 spiro atoms. The van der Waals surface area contributed by atoms with Gasteiger partial charge in [0.25, 0.3) is 0 Å². The molecular formula is C44H81NO2. The highest BCUT2D eigenvalue weighted by Crippen LogP contribution is 2.30. The minimum atomic E-state index is -0.561. The van der Waals surface area contributed by atoms with Crippen LogP contribution in [-0.4, -0.2) is 36.6 Å². The van der Waals surface area contributed by atoms with Gasteiger partial charge in [0.05, 0.1) is 5.92 Å². The van der Waals surface area contributed by atoms with Crippen LogP contribution in [0.5, 0.6) is 0 Å². The molecule has 0 rings (SSSR count). The topological polar surface area (TPSA) is 40.5 Å². The summed E-state index contributed by atoms with van der Waals surface area (Å²) in [6.07, 6.45) is 52.9. The zero-order valence-electron chi connectivity index (χ0n) is 32.1. The molecule has 0 amide bonds. The van der Waals surface area contributed by atoms with Gasteiger partial charge in [0.1, 0.15) is 0 Å². The molecule has 3 nitrogen and oxygen atoms in total. The molecule has 0 bridgehead atoms. The van der Waals surface area contributed by atoms with E-state index in [1.165, 1.54) is 141 Å². The summed E-state index contributed by atoms with van der Waals surface area (Å²) >= 11 is 0. The van der Waals surface area contributed by atoms with Crippen LogP contribution in [0.2, 0.25) is 0 Å². The normalized spacial score (nSPS) is 13.7. The summed E-state index contributed by atoms with van der Waals surface area (Å²) in [5.41, 5.74) is 0. The zero-order chi connectivity index (χ0) is 34.5. The fourth-order valence-electron chi connectivity index (χ4n) is 6.52. The minimum absolute atomic E-state index is 0.175. The van der Waals surface area contributed by atoms with Gasteiger partial charge in [-0.2, -0.15) is 0 Å². The summed E-state index contributed by atoms with van der Waals surface area (Å²) < 4.78 is 0. The molecule has 1 atom stereocenters. The number of hydrogen-bond acceptors (Lipinski definition) is 2. The SMILES string of the molecule is CCCCCC=CCC=CCCCCCCCCC(CCCCCCCCC=CCC=CCCCCC)C(CCCN(C)C)C(=O)O. The van der Waals surface area contributed by atoms with Crippen molar-refractivity contribution >= 4 is 5.97 Å². The maximum Gasteiger partial charge on any atom is 0.306 e. The second kappa shape index (κ2) is 37.2. The molecule has 1 unspecified atom stereocenters. The Hall–Kier alpha value is -1.61. The standard InChI is InChI=1S/C44H81NO2/c1-5-7-9-11-13-15-17-19-21-23-25-27-29-31-33-35-38-42(43(44(46)47)40-37-41-45(3)4)39-36-34-32-30-28-26-24-22-20-18-16-14-12-10-8-6-2/h13-16,19-22,42-43H,5-12,17-18,23-41H2,1-4H3,(H,46,47). The fraction of sp³-hybridized carbons (Fsp3) is 0.795. The van der Waals surface area contributed by atoms with Crippen LogP contribution >= 0.6 is 0 Å². The second-order valence-electron chi connectivity index (χ2n) is 14.4. The molecule has 0 heterocycles. The van der Waals surface area contributed by atoms with Gasteiger partial charge in [0.2, 0.25) is 0 Å². The van der Waals surface area contributed by atoms with Crippen molar-refractivity contribution < 1.29 is 9.90 Å². The van der Waals surface area contributed by atoms with Crippen molar-refractivity contribution in [3.8, 4) is 0 Å². The van der Waals surface area contributed by atoms with Crippen LogP contribution < -0.4 is 0 Å². The van der Waals surface area contributed by atoms with Crippen LogP contribution in [0, 0.1) is 11.8 Å². The molecule has 274 valence electrons. The van der Waals surface area contributed by atoms with Crippen LogP contribution in [0.1, 0.15) is 194 Å². The van der Waals surface area contributed by atoms with E-state index >= 15 is 0 Å². The van der Waals surface area contributed by atoms with Gasteiger partial charge in [-0.25, -0.2) is 0 Å². The highest BCUT2D eigenvalue weighted by Gasteiger charge is 2.27. The monoisotopic (exact) mass is 656 g/mol. The third kappa shape index (κ3) is 34.1. The van der Waals surface area contributed by atoms with Crippen molar-refractivity contribution in [1.82, 2.24) is 4.90 Å². The Labute approximate surface area is 294 Å². The molecule has 0 aromatic carbocycles. The largest absolute Gasteiger partial charge is 0.481 e. The average Bonchev–Trinajstić information content (AvgIpc) is 3.05. The van der Waals surface area contributed by atoms with Crippen molar-refractivity contribution in [2.45, 2.75) is 194 Å². The van der Waals surface area contributed by atoms with E-state index in [2.05, 4.69) is 81.5 Å². The number of hydrogen-bond donors (Lipinski definition) is 1. The second-order valence-corrected chi connectivity index (χ2v) is 14.4. The van der Waals surface area contributed by atoms with Crippen molar-refractivity contribution in [3.63, 3.8) is 0 Å². The number of rotatable bonds is 36. The average molecular weight is 656 g/mol. The molecule has 0 saturated carbocycles. The van der Waals surface area contributed by atoms with Crippen molar-refractivity contribution in [3.05, 3.63) is 48.6 Å². The Morgan fingerprint density at radius 3 is 1.21 bits per heavy atom. The third-order valence-electron chi connectivity index (χ3n) is 9.56. The lowest BCUT2D eigenvalue weighted by Gasteiger charge is -2.25. The Bertz CT molecular complexity index is 717. The Kier molecular flexibility index (Phi) is 35.9. The lowest BCUT2D eigenvalue weighted by Crippen LogP contribution is -2.25. The highest BCUT2D eigenvalue weighted by atomic mass is 16.4. The summed E-state index contributed by atoms with van der Waals surface area (Å²) in [5, 5.41) is 10.1. The summed E-state index contributed by atoms with van der Waals surface area (Å²) in [6, 6.07) is 0. The third-order valence-corrected chi connectivity index (χ3v) is 9.56. The number of allylic oxidation sites excluding steroid dienone is 8. The van der Waals surface area contributed by atoms with E-state index in [1.807, 2.05) is 0 Å². The van der Waals surface area contributed by atoms with E-state index in [0.29, 0.717) is 5.92 Å². The molecule has 0 aromatic heterocycles. The zero-order valence-corrected chi connectivity index (χ0v) is 32.1. The van der Waals surface area contributed by atoms with Crippen molar-refractivity contribution in [2.24, 2.45) is 11.8 Å². The predicted molar refractivity (Wildman–Crippen MR) is 210 cm³/mol. The minimum Gasteiger partial charge on any atom is -0.481 e. The number of aliphatic carboxylic acids is 1. The fourth-order valence-corrected chi connectivity index (χ4v) is 6.52. The lowest BCUT2D eigenvalue weighted by molar-refractivity contribution is -0.144. The van der Waals surface area contributed by atoms with Gasteiger partial charge < -0.3 is 10.0 Å². The molecule has 0 aliphatic heterocycles. The summed E-state index contributed by atoms with van der Waals surface area (Å²) in [4.78, 5) is 14.5. The van der Waals surface area contributed by atoms with Gasteiger partial charge in [-0.15, -0.1) is 0 Å². The van der Waals surface area contributed by atoms with Gasteiger partial charge in [-0.3, -0.25) is 4.79 Å². The van der Waals surface area contributed by atoms with Crippen molar-refractivity contribution in [2.75, 3.05) is 20.6 Å². The molecule has 0 radical (unpaired) electrons. The number of nitrogens with zero attached hydrogens (tertiary/aromatic N) is 1. The van der Waals surface area contributed by atoms with E-state index in [1.54, 1.807) is 0 Å². The molecule has 0 fully saturated rings. The van der Waals surface area contributed by atoms with Crippen molar-refractivity contribution in [1.29, 1.82) is 0 Å². The summed E-state index contributed by atoms with van der Waals surface area (Å²) in [6.45, 7) is 5.50. The lowest BCUT2D eigenvalue weighted by atomic mass is 9.81. The number of unbranched alkanes of at least 4 members (excludes halogenated alkanes) is 18. The quantitative estimate of drug-likeness (QED) is 0.0539. The van der Waals surface area contributed by atoms with Crippen LogP contribution in [0.15, 0.2) is 48.6 Å². The Morgan fingerprint density at radius 2 is 0.851 bits per heavy atom. The number of carboxylic acids is 1. The van der Waals surface area contributed by atoms with Crippen LogP contribution in [-0.2, 0) is 4.79 Å². The smallest absolute Gasteiger partial charge is 0.306 e.